The first-order valence-corrected chi connectivity index (χ1v) is 7.01. The molecule has 0 radical (unpaired) electrons. The summed E-state index contributed by atoms with van der Waals surface area (Å²) in [5.41, 5.74) is 7.97. The minimum absolute atomic E-state index is 0.388. The molecule has 0 aromatic heterocycles. The number of aryl methyl sites for hydroxylation is 1. The van der Waals surface area contributed by atoms with E-state index in [1.54, 1.807) is 26.0 Å². The van der Waals surface area contributed by atoms with E-state index < -0.39 is 20.7 Å². The molecule has 1 aromatic carbocycles. The van der Waals surface area contributed by atoms with Crippen molar-refractivity contribution in [2.24, 2.45) is 0 Å². The van der Waals surface area contributed by atoms with Crippen LogP contribution in [-0.2, 0) is 14.8 Å². The Labute approximate surface area is 107 Å². The Balaban J connectivity index is 2.67. The number of carbonyl (C=O) groups excluding carboxylic acids is 1. The van der Waals surface area contributed by atoms with Gasteiger partial charge in [0.15, 0.2) is 4.75 Å². The van der Waals surface area contributed by atoms with Gasteiger partial charge >= 0.3 is 0 Å². The molecule has 1 aliphatic heterocycles. The molecule has 0 saturated carbocycles. The van der Waals surface area contributed by atoms with Crippen LogP contribution in [-0.4, -0.2) is 19.1 Å². The van der Waals surface area contributed by atoms with Crippen LogP contribution in [0, 0.1) is 13.8 Å². The molecule has 18 heavy (non-hydrogen) atoms. The average Bonchev–Trinajstić information content (AvgIpc) is 2.28. The van der Waals surface area contributed by atoms with Crippen molar-refractivity contribution in [2.45, 2.75) is 32.4 Å². The monoisotopic (exact) mass is 268 g/mol. The van der Waals surface area contributed by atoms with Gasteiger partial charge in [-0.3, -0.25) is 4.79 Å². The number of hydrogen-bond donors (Lipinski definition) is 1. The molecule has 2 N–H and O–H groups in total. The molecule has 0 bridgehead atoms. The number of rotatable bonds is 1. The molecular formula is C12H16N2O3S. The van der Waals surface area contributed by atoms with Crippen LogP contribution in [0.15, 0.2) is 12.1 Å². The van der Waals surface area contributed by atoms with Crippen LogP contribution in [0.25, 0.3) is 0 Å². The summed E-state index contributed by atoms with van der Waals surface area (Å²) in [6.07, 6.45) is 0. The third-order valence-electron chi connectivity index (χ3n) is 3.46. The summed E-state index contributed by atoms with van der Waals surface area (Å²) in [4.78, 5) is 12.0. The summed E-state index contributed by atoms with van der Waals surface area (Å²) < 4.78 is 23.8. The van der Waals surface area contributed by atoms with Gasteiger partial charge in [0.25, 0.3) is 15.9 Å². The molecule has 5 nitrogen and oxygen atoms in total. The second-order valence-corrected chi connectivity index (χ2v) is 7.37. The first-order chi connectivity index (χ1) is 8.12. The van der Waals surface area contributed by atoms with E-state index in [1.165, 1.54) is 13.8 Å². The lowest BCUT2D eigenvalue weighted by Crippen LogP contribution is -2.68. The summed E-state index contributed by atoms with van der Waals surface area (Å²) in [7, 11) is -3.64. The highest BCUT2D eigenvalue weighted by Gasteiger charge is 2.61. The summed E-state index contributed by atoms with van der Waals surface area (Å²) in [5.74, 6) is -0.417. The molecule has 1 fully saturated rings. The molecule has 1 saturated heterocycles. The molecule has 1 aromatic rings. The lowest BCUT2D eigenvalue weighted by molar-refractivity contribution is -0.120. The Morgan fingerprint density at radius 3 is 2.28 bits per heavy atom. The van der Waals surface area contributed by atoms with Gasteiger partial charge in [-0.2, -0.15) is 0 Å². The van der Waals surface area contributed by atoms with Gasteiger partial charge in [-0.1, -0.05) is 6.07 Å². The van der Waals surface area contributed by atoms with E-state index in [-0.39, 0.29) is 0 Å². The highest BCUT2D eigenvalue weighted by atomic mass is 32.2. The molecule has 1 aliphatic rings. The molecule has 0 unspecified atom stereocenters. The van der Waals surface area contributed by atoms with Gasteiger partial charge < -0.3 is 5.73 Å². The van der Waals surface area contributed by atoms with Crippen LogP contribution in [0.3, 0.4) is 0 Å². The van der Waals surface area contributed by atoms with E-state index in [0.717, 1.165) is 4.31 Å². The van der Waals surface area contributed by atoms with Crippen molar-refractivity contribution in [3.8, 4) is 0 Å². The predicted octanol–water partition coefficient (Wildman–Crippen LogP) is 1.34. The lowest BCUT2D eigenvalue weighted by atomic mass is 10.1. The fraction of sp³-hybridized carbons (Fsp3) is 0.417. The zero-order valence-corrected chi connectivity index (χ0v) is 11.6. The topological polar surface area (TPSA) is 80.5 Å². The van der Waals surface area contributed by atoms with Crippen molar-refractivity contribution >= 4 is 27.3 Å². The predicted molar refractivity (Wildman–Crippen MR) is 70.8 cm³/mol. The number of benzene rings is 1. The van der Waals surface area contributed by atoms with Gasteiger partial charge in [0.1, 0.15) is 0 Å². The number of nitrogens with zero attached hydrogens (tertiary/aromatic N) is 1. The van der Waals surface area contributed by atoms with Gasteiger partial charge in [0.2, 0.25) is 0 Å². The van der Waals surface area contributed by atoms with E-state index in [4.69, 9.17) is 5.73 Å². The SMILES string of the molecule is Cc1ccc(N)c(C)c1N1C(=O)C(C)(C)S1(=O)=O. The molecule has 2 rings (SSSR count). The number of hydrogen-bond acceptors (Lipinski definition) is 4. The zero-order valence-electron chi connectivity index (χ0n) is 10.8. The molecule has 1 amide bonds. The largest absolute Gasteiger partial charge is 0.398 e. The van der Waals surface area contributed by atoms with Crippen molar-refractivity contribution in [1.29, 1.82) is 0 Å². The first-order valence-electron chi connectivity index (χ1n) is 5.57. The van der Waals surface area contributed by atoms with Crippen LogP contribution < -0.4 is 10.0 Å². The summed E-state index contributed by atoms with van der Waals surface area (Å²) in [6.45, 7) is 6.30. The van der Waals surface area contributed by atoms with Crippen molar-refractivity contribution in [3.05, 3.63) is 23.3 Å². The number of nitrogens with two attached hydrogens (primary N) is 1. The first kappa shape index (κ1) is 12.9. The van der Waals surface area contributed by atoms with Gasteiger partial charge in [-0.15, -0.1) is 0 Å². The lowest BCUT2D eigenvalue weighted by Gasteiger charge is -2.44. The normalized spacial score (nSPS) is 20.7. The van der Waals surface area contributed by atoms with E-state index >= 15 is 0 Å². The number of carbonyl (C=O) groups is 1. The van der Waals surface area contributed by atoms with Gasteiger partial charge in [0.05, 0.1) is 5.69 Å². The fourth-order valence-electron chi connectivity index (χ4n) is 2.04. The number of sulfonamides is 1. The molecule has 6 heteroatoms. The quantitative estimate of drug-likeness (QED) is 0.779. The van der Waals surface area contributed by atoms with Crippen LogP contribution >= 0.6 is 0 Å². The second-order valence-electron chi connectivity index (χ2n) is 5.03. The van der Waals surface area contributed by atoms with E-state index in [9.17, 15) is 13.2 Å². The minimum Gasteiger partial charge on any atom is -0.398 e. The maximum Gasteiger partial charge on any atom is 0.263 e. The zero-order chi connectivity index (χ0) is 13.9. The standard InChI is InChI=1S/C12H16N2O3S/c1-7-5-6-9(13)8(2)10(7)14-11(15)12(3,4)18(14,16)17/h5-6H,13H2,1-4H3. The Hall–Kier alpha value is -1.56. The summed E-state index contributed by atoms with van der Waals surface area (Å²) in [6, 6.07) is 3.42. The maximum atomic E-state index is 12.2. The number of anilines is 2. The van der Waals surface area contributed by atoms with E-state index in [2.05, 4.69) is 0 Å². The molecule has 0 aliphatic carbocycles. The Kier molecular flexibility index (Phi) is 2.49. The van der Waals surface area contributed by atoms with Crippen molar-refractivity contribution in [3.63, 3.8) is 0 Å². The average molecular weight is 268 g/mol. The van der Waals surface area contributed by atoms with Crippen molar-refractivity contribution in [2.75, 3.05) is 10.0 Å². The van der Waals surface area contributed by atoms with Gasteiger partial charge in [-0.05, 0) is 44.9 Å². The number of amides is 1. The Morgan fingerprint density at radius 2 is 1.78 bits per heavy atom. The van der Waals surface area contributed by atoms with Crippen LogP contribution in [0.2, 0.25) is 0 Å². The van der Waals surface area contributed by atoms with Crippen LogP contribution in [0.1, 0.15) is 25.0 Å². The van der Waals surface area contributed by atoms with Gasteiger partial charge in [-0.25, -0.2) is 12.7 Å². The molecule has 0 atom stereocenters. The van der Waals surface area contributed by atoms with E-state index in [0.29, 0.717) is 22.5 Å². The van der Waals surface area contributed by atoms with Crippen LogP contribution in [0.5, 0.6) is 0 Å². The molecule has 1 heterocycles. The van der Waals surface area contributed by atoms with Crippen molar-refractivity contribution in [1.82, 2.24) is 0 Å². The van der Waals surface area contributed by atoms with Crippen LogP contribution in [0.4, 0.5) is 11.4 Å². The fourth-order valence-corrected chi connectivity index (χ4v) is 3.64. The minimum atomic E-state index is -3.64. The smallest absolute Gasteiger partial charge is 0.263 e. The molecule has 0 spiro atoms. The maximum absolute atomic E-state index is 12.2. The second kappa shape index (κ2) is 3.47. The van der Waals surface area contributed by atoms with Crippen molar-refractivity contribution < 1.29 is 13.2 Å². The molecular weight excluding hydrogens is 252 g/mol. The summed E-state index contributed by atoms with van der Waals surface area (Å²) >= 11 is 0. The number of nitrogen functional groups attached to an aromatic ring is 1. The Bertz CT molecular complexity index is 648. The Morgan fingerprint density at radius 1 is 1.22 bits per heavy atom. The highest BCUT2D eigenvalue weighted by Crippen LogP contribution is 2.42. The third kappa shape index (κ3) is 1.32. The molecule has 98 valence electrons. The highest BCUT2D eigenvalue weighted by molar-refractivity contribution is 7.98. The van der Waals surface area contributed by atoms with E-state index in [1.807, 2.05) is 0 Å². The summed E-state index contributed by atoms with van der Waals surface area (Å²) in [5, 5.41) is 0. The van der Waals surface area contributed by atoms with Gasteiger partial charge in [0, 0.05) is 5.69 Å². The third-order valence-corrected chi connectivity index (χ3v) is 5.76.